The van der Waals surface area contributed by atoms with Crippen LogP contribution in [0.5, 0.6) is 0 Å². The van der Waals surface area contributed by atoms with Crippen molar-refractivity contribution in [2.75, 3.05) is 6.61 Å². The number of allylic oxidation sites excluding steroid dienone is 3. The molecule has 13 nitrogen and oxygen atoms in total. The van der Waals surface area contributed by atoms with Crippen molar-refractivity contribution < 1.29 is 59.0 Å². The summed E-state index contributed by atoms with van der Waals surface area (Å²) in [5.74, 6) is -0.604. The lowest BCUT2D eigenvalue weighted by molar-refractivity contribution is -0.220. The van der Waals surface area contributed by atoms with E-state index in [1.165, 1.54) is 89.5 Å². The quantitative estimate of drug-likeness (QED) is 0.0207. The van der Waals surface area contributed by atoms with Gasteiger partial charge in [-0.3, -0.25) is 13.8 Å². The van der Waals surface area contributed by atoms with Gasteiger partial charge in [0.15, 0.2) is 0 Å². The highest BCUT2D eigenvalue weighted by Gasteiger charge is 2.51. The molecule has 0 aromatic carbocycles. The SMILES string of the molecule is CCCCCCCCC/C=C\CCCCCC(O)CC(=O)NC(COP(=O)(O)OC1C(O)C(O)C(O)C(O)C1O)C(O)/C=C/CCCCCCCCCCC. The number of carbonyl (C=O) groups is 1. The van der Waals surface area contributed by atoms with Gasteiger partial charge in [-0.15, -0.1) is 0 Å². The first kappa shape index (κ1) is 51.8. The standard InChI is InChI=1S/C41H78NO12P/c1-3-5-7-9-11-13-15-16-17-19-20-22-24-26-28-32(43)30-35(45)42-33(34(44)29-27-25-23-21-18-14-12-10-8-6-4-2)31-53-55(51,52)54-41-39(49)37(47)36(46)38(48)40(41)50/h17,19,27,29,32-34,36-41,43-44,46-50H,3-16,18,20-26,28,30-31H2,1-2H3,(H,42,45)(H,51,52)/b19-17-,29-27+. The number of aliphatic hydroxyl groups is 7. The fourth-order valence-electron chi connectivity index (χ4n) is 6.70. The molecule has 0 bridgehead atoms. The van der Waals surface area contributed by atoms with E-state index in [0.717, 1.165) is 51.4 Å². The van der Waals surface area contributed by atoms with Gasteiger partial charge in [0.1, 0.15) is 36.6 Å². The van der Waals surface area contributed by atoms with Crippen molar-refractivity contribution in [1.82, 2.24) is 5.32 Å². The monoisotopic (exact) mass is 808 g/mol. The normalized spacial score (nSPS) is 24.6. The Balaban J connectivity index is 2.61. The molecule has 8 atom stereocenters. The maximum Gasteiger partial charge on any atom is 0.472 e. The number of amides is 1. The van der Waals surface area contributed by atoms with Gasteiger partial charge in [0.05, 0.1) is 31.3 Å². The summed E-state index contributed by atoms with van der Waals surface area (Å²) in [6, 6.07) is -1.24. The van der Waals surface area contributed by atoms with Crippen molar-refractivity contribution in [3.8, 4) is 0 Å². The van der Waals surface area contributed by atoms with E-state index in [1.807, 2.05) is 0 Å². The maximum atomic E-state index is 12.9. The van der Waals surface area contributed by atoms with E-state index in [-0.39, 0.29) is 6.42 Å². The minimum atomic E-state index is -5.13. The third-order valence-corrected chi connectivity index (χ3v) is 11.3. The minimum Gasteiger partial charge on any atom is -0.393 e. The summed E-state index contributed by atoms with van der Waals surface area (Å²) in [4.78, 5) is 23.3. The van der Waals surface area contributed by atoms with Gasteiger partial charge in [-0.25, -0.2) is 4.57 Å². The smallest absolute Gasteiger partial charge is 0.393 e. The molecule has 0 spiro atoms. The summed E-state index contributed by atoms with van der Waals surface area (Å²) in [5, 5.41) is 74.2. The second-order valence-electron chi connectivity index (χ2n) is 15.4. The van der Waals surface area contributed by atoms with Gasteiger partial charge in [-0.1, -0.05) is 141 Å². The number of phosphoric ester groups is 1. The average Bonchev–Trinajstić information content (AvgIpc) is 3.15. The van der Waals surface area contributed by atoms with Gasteiger partial charge < -0.3 is 46.0 Å². The molecule has 8 unspecified atom stereocenters. The molecular weight excluding hydrogens is 729 g/mol. The third-order valence-electron chi connectivity index (χ3n) is 10.3. The Hall–Kier alpha value is -1.22. The molecule has 0 aromatic heterocycles. The number of unbranched alkanes of at least 4 members (excludes halogenated alkanes) is 19. The topological polar surface area (TPSA) is 226 Å². The molecule has 1 aliphatic rings. The van der Waals surface area contributed by atoms with Crippen LogP contribution in [0.25, 0.3) is 0 Å². The molecule has 1 saturated carbocycles. The number of hydrogen-bond donors (Lipinski definition) is 9. The Bertz CT molecular complexity index is 1050. The number of aliphatic hydroxyl groups excluding tert-OH is 7. The number of nitrogens with one attached hydrogen (secondary N) is 1. The van der Waals surface area contributed by atoms with Crippen LogP contribution in [0, 0.1) is 0 Å². The van der Waals surface area contributed by atoms with Crippen molar-refractivity contribution in [3.63, 3.8) is 0 Å². The van der Waals surface area contributed by atoms with Gasteiger partial charge in [0.25, 0.3) is 0 Å². The molecule has 0 aromatic rings. The van der Waals surface area contributed by atoms with Crippen LogP contribution >= 0.6 is 7.82 Å². The lowest BCUT2D eigenvalue weighted by Crippen LogP contribution is -2.64. The first-order valence-corrected chi connectivity index (χ1v) is 22.9. The lowest BCUT2D eigenvalue weighted by Gasteiger charge is -2.41. The first-order chi connectivity index (χ1) is 26.3. The van der Waals surface area contributed by atoms with Crippen LogP contribution in [0.15, 0.2) is 24.3 Å². The molecule has 55 heavy (non-hydrogen) atoms. The number of carbonyl (C=O) groups excluding carboxylic acids is 1. The Morgan fingerprint density at radius 1 is 0.636 bits per heavy atom. The van der Waals surface area contributed by atoms with Crippen molar-refractivity contribution in [2.24, 2.45) is 0 Å². The largest absolute Gasteiger partial charge is 0.472 e. The highest BCUT2D eigenvalue weighted by Crippen LogP contribution is 2.47. The van der Waals surface area contributed by atoms with Crippen molar-refractivity contribution in [1.29, 1.82) is 0 Å². The predicted octanol–water partition coefficient (Wildman–Crippen LogP) is 6.03. The zero-order chi connectivity index (χ0) is 40.9. The fourth-order valence-corrected chi connectivity index (χ4v) is 7.67. The Labute approximate surface area is 331 Å². The Kier molecular flexibility index (Phi) is 29.9. The summed E-state index contributed by atoms with van der Waals surface area (Å²) < 4.78 is 22.8. The van der Waals surface area contributed by atoms with Crippen LogP contribution in [-0.4, -0.2) is 108 Å². The predicted molar refractivity (Wildman–Crippen MR) is 215 cm³/mol. The summed E-state index contributed by atoms with van der Waals surface area (Å²) in [6.07, 6.45) is 18.5. The van der Waals surface area contributed by atoms with Crippen LogP contribution < -0.4 is 5.32 Å². The van der Waals surface area contributed by atoms with Crippen LogP contribution in [0.3, 0.4) is 0 Å². The molecule has 1 fully saturated rings. The second-order valence-corrected chi connectivity index (χ2v) is 16.8. The van der Waals surface area contributed by atoms with Crippen LogP contribution in [-0.2, 0) is 18.4 Å². The van der Waals surface area contributed by atoms with E-state index in [9.17, 15) is 50.0 Å². The van der Waals surface area contributed by atoms with Crippen LogP contribution in [0.4, 0.5) is 0 Å². The number of rotatable bonds is 34. The van der Waals surface area contributed by atoms with Crippen LogP contribution in [0.2, 0.25) is 0 Å². The summed E-state index contributed by atoms with van der Waals surface area (Å²) in [7, 11) is -5.13. The van der Waals surface area contributed by atoms with E-state index in [1.54, 1.807) is 6.08 Å². The Morgan fingerprint density at radius 3 is 1.55 bits per heavy atom. The second kappa shape index (κ2) is 31.7. The van der Waals surface area contributed by atoms with E-state index in [0.29, 0.717) is 12.8 Å². The Morgan fingerprint density at radius 2 is 1.05 bits per heavy atom. The van der Waals surface area contributed by atoms with E-state index < -0.39 is 75.2 Å². The maximum absolute atomic E-state index is 12.9. The van der Waals surface area contributed by atoms with Crippen molar-refractivity contribution in [2.45, 2.75) is 223 Å². The van der Waals surface area contributed by atoms with Crippen molar-refractivity contribution >= 4 is 13.7 Å². The zero-order valence-electron chi connectivity index (χ0n) is 33.8. The average molecular weight is 808 g/mol. The van der Waals surface area contributed by atoms with Gasteiger partial charge in [0.2, 0.25) is 5.91 Å². The molecule has 0 saturated heterocycles. The molecule has 0 heterocycles. The van der Waals surface area contributed by atoms with E-state index >= 15 is 0 Å². The molecule has 0 radical (unpaired) electrons. The number of hydrogen-bond acceptors (Lipinski definition) is 11. The van der Waals surface area contributed by atoms with E-state index in [4.69, 9.17) is 9.05 Å². The van der Waals surface area contributed by atoms with Crippen LogP contribution in [0.1, 0.15) is 168 Å². The summed E-state index contributed by atoms with van der Waals surface area (Å²) >= 11 is 0. The first-order valence-electron chi connectivity index (χ1n) is 21.4. The zero-order valence-corrected chi connectivity index (χ0v) is 34.7. The minimum absolute atomic E-state index is 0.254. The number of phosphoric acid groups is 1. The summed E-state index contributed by atoms with van der Waals surface area (Å²) in [5.41, 5.74) is 0. The highest BCUT2D eigenvalue weighted by atomic mass is 31.2. The third kappa shape index (κ3) is 24.3. The molecule has 0 aliphatic heterocycles. The van der Waals surface area contributed by atoms with Crippen molar-refractivity contribution in [3.05, 3.63) is 24.3 Å². The molecule has 1 rings (SSSR count). The summed E-state index contributed by atoms with van der Waals surface area (Å²) in [6.45, 7) is 3.69. The van der Waals surface area contributed by atoms with Gasteiger partial charge >= 0.3 is 7.82 Å². The van der Waals surface area contributed by atoms with E-state index in [2.05, 4.69) is 31.3 Å². The highest BCUT2D eigenvalue weighted by molar-refractivity contribution is 7.47. The van der Waals surface area contributed by atoms with Gasteiger partial charge in [0, 0.05) is 0 Å². The molecule has 324 valence electrons. The molecular formula is C41H78NO12P. The molecule has 1 amide bonds. The molecule has 14 heteroatoms. The van der Waals surface area contributed by atoms with Gasteiger partial charge in [-0.05, 0) is 44.9 Å². The fraction of sp³-hybridized carbons (Fsp3) is 0.878. The molecule has 1 aliphatic carbocycles. The lowest BCUT2D eigenvalue weighted by atomic mass is 9.85. The van der Waals surface area contributed by atoms with Gasteiger partial charge in [-0.2, -0.15) is 0 Å². The molecule has 9 N–H and O–H groups in total.